The number of imidazole rings is 1. The maximum atomic E-state index is 13.5. The van der Waals surface area contributed by atoms with Crippen molar-refractivity contribution in [1.82, 2.24) is 19.4 Å². The quantitative estimate of drug-likeness (QED) is 0.560. The highest BCUT2D eigenvalue weighted by molar-refractivity contribution is 5.94. The van der Waals surface area contributed by atoms with Crippen LogP contribution in [0.15, 0.2) is 48.7 Å². The summed E-state index contributed by atoms with van der Waals surface area (Å²) < 4.78 is 40.6. The number of alkyl halides is 3. The fraction of sp³-hybridized carbons (Fsp3) is 0.400. The molecular weight excluding hydrogens is 443 g/mol. The highest BCUT2D eigenvalue weighted by Crippen LogP contribution is 2.30. The lowest BCUT2D eigenvalue weighted by Crippen LogP contribution is -2.49. The van der Waals surface area contributed by atoms with Crippen LogP contribution in [0.4, 0.5) is 19.0 Å². The van der Waals surface area contributed by atoms with E-state index in [1.807, 2.05) is 35.2 Å². The summed E-state index contributed by atoms with van der Waals surface area (Å²) >= 11 is 0. The lowest BCUT2D eigenvalue weighted by Gasteiger charge is -2.35. The number of amides is 1. The molecule has 1 aromatic carbocycles. The Labute approximate surface area is 196 Å². The van der Waals surface area contributed by atoms with E-state index < -0.39 is 11.7 Å². The van der Waals surface area contributed by atoms with Gasteiger partial charge < -0.3 is 14.4 Å². The summed E-state index contributed by atoms with van der Waals surface area (Å²) in [5.74, 6) is 1.25. The molecule has 1 fully saturated rings. The van der Waals surface area contributed by atoms with Crippen molar-refractivity contribution in [3.63, 3.8) is 0 Å². The van der Waals surface area contributed by atoms with E-state index >= 15 is 0 Å². The molecule has 0 spiro atoms. The van der Waals surface area contributed by atoms with Gasteiger partial charge in [-0.2, -0.15) is 13.2 Å². The summed E-state index contributed by atoms with van der Waals surface area (Å²) in [4.78, 5) is 26.0. The van der Waals surface area contributed by atoms with Gasteiger partial charge in [-0.1, -0.05) is 36.8 Å². The van der Waals surface area contributed by atoms with Crippen LogP contribution in [-0.2, 0) is 19.1 Å². The Balaban J connectivity index is 1.33. The zero-order valence-corrected chi connectivity index (χ0v) is 18.8. The molecule has 0 atom stereocenters. The number of fused-ring (bicyclic) bond motifs is 1. The predicted octanol–water partition coefficient (Wildman–Crippen LogP) is 4.65. The molecule has 2 aliphatic rings. The van der Waals surface area contributed by atoms with Crippen molar-refractivity contribution in [3.8, 4) is 11.4 Å². The average Bonchev–Trinajstić information content (AvgIpc) is 3.04. The predicted molar refractivity (Wildman–Crippen MR) is 123 cm³/mol. The Morgan fingerprint density at radius 1 is 0.882 bits per heavy atom. The number of carbonyl (C=O) groups is 1. The second-order valence-electron chi connectivity index (χ2n) is 8.74. The van der Waals surface area contributed by atoms with Gasteiger partial charge in [0, 0.05) is 44.5 Å². The summed E-state index contributed by atoms with van der Waals surface area (Å²) in [5.41, 5.74) is 1.78. The molecule has 0 bridgehead atoms. The third-order valence-electron chi connectivity index (χ3n) is 6.57. The monoisotopic (exact) mass is 469 g/mol. The van der Waals surface area contributed by atoms with Crippen molar-refractivity contribution >= 4 is 11.7 Å². The van der Waals surface area contributed by atoms with Crippen molar-refractivity contribution in [2.45, 2.75) is 38.4 Å². The maximum absolute atomic E-state index is 13.5. The number of rotatable bonds is 3. The van der Waals surface area contributed by atoms with E-state index in [-0.39, 0.29) is 5.91 Å². The molecule has 6 nitrogen and oxygen atoms in total. The lowest BCUT2D eigenvalue weighted by atomic mass is 10.1. The number of aromatic nitrogens is 3. The normalized spacial score (nSPS) is 16.8. The highest BCUT2D eigenvalue weighted by Gasteiger charge is 2.32. The van der Waals surface area contributed by atoms with Gasteiger partial charge in [0.25, 0.3) is 5.91 Å². The number of anilines is 1. The van der Waals surface area contributed by atoms with Gasteiger partial charge in [0.1, 0.15) is 17.3 Å². The van der Waals surface area contributed by atoms with Crippen molar-refractivity contribution in [1.29, 1.82) is 0 Å². The van der Waals surface area contributed by atoms with Crippen LogP contribution in [0.2, 0.25) is 0 Å². The molecule has 34 heavy (non-hydrogen) atoms. The fourth-order valence-electron chi connectivity index (χ4n) is 4.73. The Kier molecular flexibility index (Phi) is 6.02. The fourth-order valence-corrected chi connectivity index (χ4v) is 4.73. The first-order valence-corrected chi connectivity index (χ1v) is 11.6. The molecule has 5 rings (SSSR count). The van der Waals surface area contributed by atoms with Crippen molar-refractivity contribution < 1.29 is 18.0 Å². The molecule has 0 unspecified atom stereocenters. The van der Waals surface area contributed by atoms with E-state index in [2.05, 4.69) is 9.55 Å². The molecule has 9 heteroatoms. The van der Waals surface area contributed by atoms with E-state index in [1.165, 1.54) is 6.07 Å². The van der Waals surface area contributed by atoms with Crippen LogP contribution in [0.3, 0.4) is 0 Å². The first kappa shape index (κ1) is 22.4. The summed E-state index contributed by atoms with van der Waals surface area (Å²) in [5, 5.41) is 0. The van der Waals surface area contributed by atoms with Crippen LogP contribution in [0.1, 0.15) is 41.0 Å². The minimum Gasteiger partial charge on any atom is -0.353 e. The minimum absolute atomic E-state index is 0.0761. The Morgan fingerprint density at radius 3 is 2.32 bits per heavy atom. The van der Waals surface area contributed by atoms with Crippen molar-refractivity contribution in [2.75, 3.05) is 31.1 Å². The lowest BCUT2D eigenvalue weighted by molar-refractivity contribution is -0.137. The summed E-state index contributed by atoms with van der Waals surface area (Å²) in [6, 6.07) is 12.4. The van der Waals surface area contributed by atoms with Gasteiger partial charge in [0.05, 0.1) is 11.3 Å². The second kappa shape index (κ2) is 9.12. The molecule has 3 aromatic rings. The Hall–Kier alpha value is -3.36. The van der Waals surface area contributed by atoms with Gasteiger partial charge in [-0.3, -0.25) is 4.79 Å². The molecule has 4 heterocycles. The van der Waals surface area contributed by atoms with Crippen LogP contribution in [0.5, 0.6) is 0 Å². The van der Waals surface area contributed by atoms with Gasteiger partial charge in [-0.05, 0) is 31.4 Å². The Morgan fingerprint density at radius 2 is 1.65 bits per heavy atom. The van der Waals surface area contributed by atoms with E-state index in [0.717, 1.165) is 61.6 Å². The minimum atomic E-state index is -4.40. The molecule has 178 valence electrons. The molecule has 0 radical (unpaired) electrons. The third kappa shape index (κ3) is 4.38. The van der Waals surface area contributed by atoms with Crippen LogP contribution >= 0.6 is 0 Å². The number of nitrogens with zero attached hydrogens (tertiary/aromatic N) is 5. The molecular formula is C25H26F3N5O. The summed E-state index contributed by atoms with van der Waals surface area (Å²) in [7, 11) is 0. The Bertz CT molecular complexity index is 1150. The molecule has 0 aliphatic carbocycles. The first-order valence-electron chi connectivity index (χ1n) is 11.6. The van der Waals surface area contributed by atoms with Gasteiger partial charge >= 0.3 is 6.18 Å². The van der Waals surface area contributed by atoms with Crippen molar-refractivity contribution in [2.24, 2.45) is 0 Å². The van der Waals surface area contributed by atoms with E-state index in [4.69, 9.17) is 4.98 Å². The number of hydrogen-bond acceptors (Lipinski definition) is 4. The zero-order valence-electron chi connectivity index (χ0n) is 18.8. The van der Waals surface area contributed by atoms with Crippen LogP contribution in [0.25, 0.3) is 11.4 Å². The van der Waals surface area contributed by atoms with Crippen LogP contribution < -0.4 is 4.90 Å². The topological polar surface area (TPSA) is 54.3 Å². The number of benzene rings is 1. The van der Waals surface area contributed by atoms with Crippen LogP contribution in [0, 0.1) is 0 Å². The highest BCUT2D eigenvalue weighted by atomic mass is 19.4. The molecule has 1 amide bonds. The average molecular weight is 470 g/mol. The summed E-state index contributed by atoms with van der Waals surface area (Å²) in [6.45, 7) is 2.80. The van der Waals surface area contributed by atoms with Gasteiger partial charge in [0.15, 0.2) is 0 Å². The largest absolute Gasteiger partial charge is 0.417 e. The van der Waals surface area contributed by atoms with Crippen LogP contribution in [-0.4, -0.2) is 51.5 Å². The first-order chi connectivity index (χ1) is 16.4. The second-order valence-corrected chi connectivity index (χ2v) is 8.74. The number of hydrogen-bond donors (Lipinski definition) is 0. The molecule has 0 N–H and O–H groups in total. The number of halogens is 3. The maximum Gasteiger partial charge on any atom is 0.417 e. The van der Waals surface area contributed by atoms with E-state index in [1.54, 1.807) is 4.90 Å². The smallest absolute Gasteiger partial charge is 0.353 e. The zero-order chi connectivity index (χ0) is 23.7. The van der Waals surface area contributed by atoms with Gasteiger partial charge in [0.2, 0.25) is 0 Å². The number of carbonyl (C=O) groups excluding carboxylic acids is 1. The van der Waals surface area contributed by atoms with E-state index in [9.17, 15) is 18.0 Å². The van der Waals surface area contributed by atoms with Gasteiger partial charge in [-0.15, -0.1) is 0 Å². The molecule has 2 aromatic heterocycles. The number of pyridine rings is 1. The standard InChI is InChI=1S/C25H26F3N5O/c26-25(27,28)19-10-11-21(29-17-19)31-13-15-32(16-14-31)24(34)22-20-9-5-2-6-12-33(20)23(30-22)18-7-3-1-4-8-18/h1,3-4,7-8,10-11,17H,2,5-6,9,12-16H2. The SMILES string of the molecule is O=C(c1nc(-c2ccccc2)n2c1CCCCC2)N1CCN(c2ccc(C(F)(F)F)cn2)CC1. The summed E-state index contributed by atoms with van der Waals surface area (Å²) in [6.07, 6.45) is 0.512. The number of piperazine rings is 1. The van der Waals surface area contributed by atoms with E-state index in [0.29, 0.717) is 37.7 Å². The molecule has 1 saturated heterocycles. The third-order valence-corrected chi connectivity index (χ3v) is 6.57. The molecule has 0 saturated carbocycles. The molecule has 2 aliphatic heterocycles. The van der Waals surface area contributed by atoms with Gasteiger partial charge in [-0.25, -0.2) is 9.97 Å². The van der Waals surface area contributed by atoms with Crippen molar-refractivity contribution in [3.05, 3.63) is 65.6 Å².